The van der Waals surface area contributed by atoms with Crippen LogP contribution in [0.1, 0.15) is 29.5 Å². The Morgan fingerprint density at radius 2 is 1.62 bits per heavy atom. The van der Waals surface area contributed by atoms with Crippen molar-refractivity contribution in [2.75, 3.05) is 17.4 Å². The molecule has 1 amide bonds. The fraction of sp³-hybridized carbons (Fsp3) is 0.240. The number of sulfonamides is 1. The number of amides is 1. The maximum atomic E-state index is 13.5. The summed E-state index contributed by atoms with van der Waals surface area (Å²) in [5, 5.41) is 3.30. The summed E-state index contributed by atoms with van der Waals surface area (Å²) in [4.78, 5) is 13.0. The number of aryl methyl sites for hydroxylation is 1. The molecule has 0 unspecified atom stereocenters. The van der Waals surface area contributed by atoms with Crippen molar-refractivity contribution >= 4 is 33.2 Å². The van der Waals surface area contributed by atoms with E-state index in [1.54, 1.807) is 49.4 Å². The number of benzene rings is 3. The van der Waals surface area contributed by atoms with Crippen molar-refractivity contribution in [3.05, 3.63) is 94.5 Å². The molecule has 1 atom stereocenters. The van der Waals surface area contributed by atoms with Crippen LogP contribution in [0.5, 0.6) is 0 Å². The molecule has 0 saturated carbocycles. The van der Waals surface area contributed by atoms with Gasteiger partial charge in [-0.2, -0.15) is 0 Å². The summed E-state index contributed by atoms with van der Waals surface area (Å²) in [7, 11) is -3.98. The Kier molecular flexibility index (Phi) is 7.59. The summed E-state index contributed by atoms with van der Waals surface area (Å²) >= 11 is 6.26. The van der Waals surface area contributed by atoms with E-state index in [9.17, 15) is 13.2 Å². The minimum atomic E-state index is -3.98. The van der Waals surface area contributed by atoms with Crippen LogP contribution in [0.2, 0.25) is 5.02 Å². The highest BCUT2D eigenvalue weighted by molar-refractivity contribution is 7.92. The van der Waals surface area contributed by atoms with Crippen LogP contribution < -0.4 is 9.62 Å². The number of nitrogens with zero attached hydrogens (tertiary/aromatic N) is 1. The van der Waals surface area contributed by atoms with Crippen LogP contribution >= 0.6 is 11.6 Å². The third-order valence-electron chi connectivity index (χ3n) is 5.38. The van der Waals surface area contributed by atoms with Crippen molar-refractivity contribution in [3.63, 3.8) is 0 Å². The molecule has 0 bridgehead atoms. The standard InChI is InChI=1S/C25H27ClN2O3S/c1-18-12-14-22(15-13-18)32(30,31)28(24-11-7-10-23(26)20(24)3)17-25(29)27-16-19(2)21-8-5-4-6-9-21/h4-15,19H,16-17H2,1-3H3,(H,27,29)/t19-/m0/s1. The summed E-state index contributed by atoms with van der Waals surface area (Å²) in [5.74, 6) is -0.293. The van der Waals surface area contributed by atoms with Crippen LogP contribution in [-0.4, -0.2) is 27.4 Å². The summed E-state index contributed by atoms with van der Waals surface area (Å²) < 4.78 is 28.1. The second kappa shape index (κ2) is 10.2. The molecule has 0 radical (unpaired) electrons. The minimum Gasteiger partial charge on any atom is -0.354 e. The number of halogens is 1. The SMILES string of the molecule is Cc1ccc(S(=O)(=O)N(CC(=O)NC[C@H](C)c2ccccc2)c2cccc(Cl)c2C)cc1. The van der Waals surface area contributed by atoms with E-state index in [0.29, 0.717) is 22.8 Å². The average molecular weight is 471 g/mol. The molecule has 3 aromatic carbocycles. The molecule has 0 saturated heterocycles. The number of carbonyl (C=O) groups excluding carboxylic acids is 1. The Hall–Kier alpha value is -2.83. The van der Waals surface area contributed by atoms with Gasteiger partial charge in [-0.15, -0.1) is 0 Å². The Morgan fingerprint density at radius 3 is 2.28 bits per heavy atom. The van der Waals surface area contributed by atoms with Crippen molar-refractivity contribution in [3.8, 4) is 0 Å². The highest BCUT2D eigenvalue weighted by Crippen LogP contribution is 2.30. The lowest BCUT2D eigenvalue weighted by Gasteiger charge is -2.26. The topological polar surface area (TPSA) is 66.5 Å². The molecular formula is C25H27ClN2O3S. The van der Waals surface area contributed by atoms with Gasteiger partial charge in [-0.05, 0) is 55.2 Å². The number of anilines is 1. The zero-order valence-electron chi connectivity index (χ0n) is 18.4. The third kappa shape index (κ3) is 5.50. The van der Waals surface area contributed by atoms with Crippen LogP contribution in [0.4, 0.5) is 5.69 Å². The lowest BCUT2D eigenvalue weighted by molar-refractivity contribution is -0.119. The van der Waals surface area contributed by atoms with Gasteiger partial charge in [0.1, 0.15) is 6.54 Å². The van der Waals surface area contributed by atoms with Crippen LogP contribution in [0.25, 0.3) is 0 Å². The Morgan fingerprint density at radius 1 is 0.969 bits per heavy atom. The van der Waals surface area contributed by atoms with Gasteiger partial charge in [-0.25, -0.2) is 8.42 Å². The van der Waals surface area contributed by atoms with Crippen LogP contribution in [0, 0.1) is 13.8 Å². The average Bonchev–Trinajstić information content (AvgIpc) is 2.78. The normalized spacial score (nSPS) is 12.2. The van der Waals surface area contributed by atoms with E-state index in [4.69, 9.17) is 11.6 Å². The smallest absolute Gasteiger partial charge is 0.264 e. The summed E-state index contributed by atoms with van der Waals surface area (Å²) in [6, 6.07) is 21.4. The van der Waals surface area contributed by atoms with E-state index in [1.165, 1.54) is 0 Å². The van der Waals surface area contributed by atoms with Gasteiger partial charge in [0.05, 0.1) is 10.6 Å². The molecule has 3 aromatic rings. The Bertz CT molecular complexity index is 1180. The zero-order chi connectivity index (χ0) is 23.3. The number of hydrogen-bond donors (Lipinski definition) is 1. The summed E-state index contributed by atoms with van der Waals surface area (Å²) in [6.45, 7) is 5.69. The van der Waals surface area contributed by atoms with E-state index in [2.05, 4.69) is 5.32 Å². The highest BCUT2D eigenvalue weighted by Gasteiger charge is 2.28. The molecule has 0 fully saturated rings. The maximum Gasteiger partial charge on any atom is 0.264 e. The fourth-order valence-corrected chi connectivity index (χ4v) is 5.00. The van der Waals surface area contributed by atoms with E-state index in [1.807, 2.05) is 44.2 Å². The number of nitrogens with one attached hydrogen (secondary N) is 1. The monoisotopic (exact) mass is 470 g/mol. The second-order valence-corrected chi connectivity index (χ2v) is 10.1. The van der Waals surface area contributed by atoms with Gasteiger partial charge < -0.3 is 5.32 Å². The molecule has 168 valence electrons. The number of hydrogen-bond acceptors (Lipinski definition) is 3. The largest absolute Gasteiger partial charge is 0.354 e. The van der Waals surface area contributed by atoms with E-state index < -0.39 is 10.0 Å². The molecule has 1 N–H and O–H groups in total. The molecule has 32 heavy (non-hydrogen) atoms. The second-order valence-electron chi connectivity index (χ2n) is 7.82. The first-order valence-electron chi connectivity index (χ1n) is 10.4. The van der Waals surface area contributed by atoms with Crippen molar-refractivity contribution in [2.45, 2.75) is 31.6 Å². The highest BCUT2D eigenvalue weighted by atomic mass is 35.5. The Balaban J connectivity index is 1.87. The van der Waals surface area contributed by atoms with E-state index in [-0.39, 0.29) is 23.3 Å². The van der Waals surface area contributed by atoms with Crippen molar-refractivity contribution in [1.82, 2.24) is 5.32 Å². The molecule has 0 aliphatic heterocycles. The molecule has 0 heterocycles. The van der Waals surface area contributed by atoms with E-state index >= 15 is 0 Å². The first-order chi connectivity index (χ1) is 15.2. The molecule has 7 heteroatoms. The van der Waals surface area contributed by atoms with Gasteiger partial charge in [-0.1, -0.05) is 72.6 Å². The molecule has 5 nitrogen and oxygen atoms in total. The zero-order valence-corrected chi connectivity index (χ0v) is 20.0. The van der Waals surface area contributed by atoms with Crippen LogP contribution in [0.3, 0.4) is 0 Å². The molecule has 0 aromatic heterocycles. The van der Waals surface area contributed by atoms with Gasteiger partial charge in [0.25, 0.3) is 10.0 Å². The number of carbonyl (C=O) groups is 1. The minimum absolute atomic E-state index is 0.0928. The first kappa shape index (κ1) is 23.8. The van der Waals surface area contributed by atoms with Gasteiger partial charge in [0.2, 0.25) is 5.91 Å². The lowest BCUT2D eigenvalue weighted by atomic mass is 10.0. The summed E-state index contributed by atoms with van der Waals surface area (Å²) in [5.41, 5.74) is 3.02. The molecule has 0 aliphatic rings. The third-order valence-corrected chi connectivity index (χ3v) is 7.56. The molecule has 3 rings (SSSR count). The predicted octanol–water partition coefficient (Wildman–Crippen LogP) is 5.07. The molecule has 0 aliphatic carbocycles. The van der Waals surface area contributed by atoms with Gasteiger partial charge in [-0.3, -0.25) is 9.10 Å². The van der Waals surface area contributed by atoms with Crippen LogP contribution in [-0.2, 0) is 14.8 Å². The maximum absolute atomic E-state index is 13.5. The van der Waals surface area contributed by atoms with Crippen molar-refractivity contribution < 1.29 is 13.2 Å². The quantitative estimate of drug-likeness (QED) is 0.499. The van der Waals surface area contributed by atoms with Gasteiger partial charge in [0, 0.05) is 11.6 Å². The predicted molar refractivity (Wildman–Crippen MR) is 130 cm³/mol. The number of rotatable bonds is 8. The first-order valence-corrected chi connectivity index (χ1v) is 12.2. The molecule has 0 spiro atoms. The lowest BCUT2D eigenvalue weighted by Crippen LogP contribution is -2.42. The van der Waals surface area contributed by atoms with Crippen LogP contribution in [0.15, 0.2) is 77.7 Å². The summed E-state index contributed by atoms with van der Waals surface area (Å²) in [6.07, 6.45) is 0. The molecular weight excluding hydrogens is 444 g/mol. The van der Waals surface area contributed by atoms with Gasteiger partial charge >= 0.3 is 0 Å². The van der Waals surface area contributed by atoms with E-state index in [0.717, 1.165) is 15.4 Å². The van der Waals surface area contributed by atoms with Crippen molar-refractivity contribution in [1.29, 1.82) is 0 Å². The van der Waals surface area contributed by atoms with Gasteiger partial charge in [0.15, 0.2) is 0 Å². The van der Waals surface area contributed by atoms with Crippen molar-refractivity contribution in [2.24, 2.45) is 0 Å². The fourth-order valence-electron chi connectivity index (χ4n) is 3.36. The Labute approximate surface area is 195 Å².